The summed E-state index contributed by atoms with van der Waals surface area (Å²) in [5.74, 6) is 0. The topological polar surface area (TPSA) is 40.6 Å². The van der Waals surface area contributed by atoms with E-state index in [4.69, 9.17) is 0 Å². The van der Waals surface area contributed by atoms with Crippen LogP contribution < -0.4 is 4.90 Å². The summed E-state index contributed by atoms with van der Waals surface area (Å²) in [7, 11) is -1.49. The molecule has 6 heteroatoms. The average Bonchev–Trinajstić information content (AvgIpc) is 2.71. The third-order valence-electron chi connectivity index (χ3n) is 3.88. The van der Waals surface area contributed by atoms with E-state index in [9.17, 15) is 8.42 Å². The second-order valence-corrected chi connectivity index (χ2v) is 8.31. The van der Waals surface area contributed by atoms with Gasteiger partial charge in [-0.3, -0.25) is 0 Å². The fraction of sp³-hybridized carbons (Fsp3) is 0.538. The van der Waals surface area contributed by atoms with E-state index in [1.165, 1.54) is 10.6 Å². The molecule has 0 radical (unpaired) electrons. The van der Waals surface area contributed by atoms with Gasteiger partial charge in [0.1, 0.15) is 0 Å². The van der Waals surface area contributed by atoms with Gasteiger partial charge >= 0.3 is 0 Å². The molecule has 1 heterocycles. The number of halogens is 1. The molecule has 0 spiro atoms. The summed E-state index contributed by atoms with van der Waals surface area (Å²) in [4.78, 5) is 2.23. The maximum absolute atomic E-state index is 11.7. The van der Waals surface area contributed by atoms with E-state index < -0.39 is 10.0 Å². The molecule has 0 bridgehead atoms. The molecule has 106 valence electrons. The molecule has 0 saturated carbocycles. The van der Waals surface area contributed by atoms with Crippen molar-refractivity contribution in [3.8, 4) is 0 Å². The number of hydrogen-bond donors (Lipinski definition) is 0. The lowest BCUT2D eigenvalue weighted by Crippen LogP contribution is -2.48. The van der Waals surface area contributed by atoms with Crippen LogP contribution in [0.2, 0.25) is 0 Å². The molecule has 0 aromatic heterocycles. The van der Waals surface area contributed by atoms with E-state index in [1.54, 1.807) is 7.05 Å². The monoisotopic (exact) mass is 346 g/mol. The normalized spacial score (nSPS) is 24.2. The lowest BCUT2D eigenvalue weighted by Gasteiger charge is -2.33. The number of sulfonamides is 1. The highest BCUT2D eigenvalue weighted by Gasteiger charge is 2.41. The molecule has 1 aromatic rings. The van der Waals surface area contributed by atoms with Gasteiger partial charge in [-0.15, -0.1) is 0 Å². The summed E-state index contributed by atoms with van der Waals surface area (Å²) in [6.45, 7) is 3.59. The van der Waals surface area contributed by atoms with Crippen molar-refractivity contribution in [3.63, 3.8) is 0 Å². The van der Waals surface area contributed by atoms with Crippen LogP contribution in [0.3, 0.4) is 0 Å². The third kappa shape index (κ3) is 3.12. The third-order valence-corrected chi connectivity index (χ3v) is 5.81. The Morgan fingerprint density at radius 1 is 1.42 bits per heavy atom. The minimum atomic E-state index is -3.16. The lowest BCUT2D eigenvalue weighted by atomic mass is 10.0. The number of hydrogen-bond acceptors (Lipinski definition) is 3. The number of likely N-dealkylation sites (N-methyl/N-ethyl adjacent to an activating group) is 1. The van der Waals surface area contributed by atoms with E-state index in [-0.39, 0.29) is 5.54 Å². The smallest absolute Gasteiger partial charge is 0.211 e. The first kappa shape index (κ1) is 14.8. The van der Waals surface area contributed by atoms with Gasteiger partial charge in [0.25, 0.3) is 0 Å². The molecule has 0 aliphatic carbocycles. The Kier molecular flexibility index (Phi) is 3.95. The average molecular weight is 347 g/mol. The zero-order valence-corrected chi connectivity index (χ0v) is 13.8. The van der Waals surface area contributed by atoms with Crippen molar-refractivity contribution in [2.45, 2.75) is 18.9 Å². The number of anilines is 1. The second-order valence-electron chi connectivity index (χ2n) is 5.38. The van der Waals surface area contributed by atoms with Crippen LogP contribution in [0.5, 0.6) is 0 Å². The summed E-state index contributed by atoms with van der Waals surface area (Å²) < 4.78 is 26.0. The molecular formula is C13H19BrN2O2S. The van der Waals surface area contributed by atoms with Crippen LogP contribution in [0, 0.1) is 0 Å². The molecule has 2 rings (SSSR count). The van der Waals surface area contributed by atoms with Crippen molar-refractivity contribution < 1.29 is 8.42 Å². The van der Waals surface area contributed by atoms with Gasteiger partial charge in [0.15, 0.2) is 0 Å². The standard InChI is InChI=1S/C13H19BrN2O2S/c1-13(15(2)19(3,17)18)7-8-16(10-13)12-6-4-5-11(14)9-12/h4-6,9H,7-8,10H2,1-3H3/t13-/m1/s1. The largest absolute Gasteiger partial charge is 0.370 e. The van der Waals surface area contributed by atoms with Gasteiger partial charge < -0.3 is 4.90 Å². The molecule has 1 saturated heterocycles. The second kappa shape index (κ2) is 5.07. The molecule has 4 nitrogen and oxygen atoms in total. The number of benzene rings is 1. The van der Waals surface area contributed by atoms with Gasteiger partial charge in [-0.1, -0.05) is 22.0 Å². The first-order valence-corrected chi connectivity index (χ1v) is 8.81. The molecule has 0 amide bonds. The zero-order valence-electron chi connectivity index (χ0n) is 11.4. The summed E-state index contributed by atoms with van der Waals surface area (Å²) in [5.41, 5.74) is 0.788. The number of rotatable bonds is 3. The Labute approximate surface area is 123 Å². The predicted octanol–water partition coefficient (Wildman–Crippen LogP) is 2.31. The van der Waals surface area contributed by atoms with Gasteiger partial charge in [-0.2, -0.15) is 4.31 Å². The Morgan fingerprint density at radius 2 is 2.11 bits per heavy atom. The molecule has 1 aliphatic rings. The van der Waals surface area contributed by atoms with Gasteiger partial charge in [0.2, 0.25) is 10.0 Å². The molecular weight excluding hydrogens is 328 g/mol. The molecule has 19 heavy (non-hydrogen) atoms. The molecule has 0 N–H and O–H groups in total. The van der Waals surface area contributed by atoms with Crippen LogP contribution >= 0.6 is 15.9 Å². The molecule has 1 atom stereocenters. The van der Waals surface area contributed by atoms with E-state index in [2.05, 4.69) is 33.0 Å². The molecule has 1 aromatic carbocycles. The fourth-order valence-electron chi connectivity index (χ4n) is 2.50. The van der Waals surface area contributed by atoms with Gasteiger partial charge in [0.05, 0.1) is 11.8 Å². The Balaban J connectivity index is 2.20. The van der Waals surface area contributed by atoms with Gasteiger partial charge in [0, 0.05) is 30.3 Å². The van der Waals surface area contributed by atoms with Crippen LogP contribution in [0.15, 0.2) is 28.7 Å². The van der Waals surface area contributed by atoms with Crippen LogP contribution in [-0.2, 0) is 10.0 Å². The number of nitrogens with zero attached hydrogens (tertiary/aromatic N) is 2. The summed E-state index contributed by atoms with van der Waals surface area (Å²) in [5, 5.41) is 0. The minimum absolute atomic E-state index is 0.337. The molecule has 0 unspecified atom stereocenters. The summed E-state index contributed by atoms with van der Waals surface area (Å²) in [6.07, 6.45) is 2.10. The first-order valence-electron chi connectivity index (χ1n) is 6.17. The van der Waals surface area contributed by atoms with Crippen LogP contribution in [-0.4, -0.2) is 44.7 Å². The maximum atomic E-state index is 11.7. The van der Waals surface area contributed by atoms with E-state index in [0.29, 0.717) is 6.54 Å². The Morgan fingerprint density at radius 3 is 2.68 bits per heavy atom. The molecule has 1 fully saturated rings. The summed E-state index contributed by atoms with van der Waals surface area (Å²) >= 11 is 3.47. The van der Waals surface area contributed by atoms with Crippen molar-refractivity contribution >= 4 is 31.6 Å². The lowest BCUT2D eigenvalue weighted by molar-refractivity contribution is 0.269. The van der Waals surface area contributed by atoms with Crippen molar-refractivity contribution in [2.75, 3.05) is 31.3 Å². The predicted molar refractivity (Wildman–Crippen MR) is 82.0 cm³/mol. The van der Waals surface area contributed by atoms with Crippen LogP contribution in [0.25, 0.3) is 0 Å². The SMILES string of the molecule is CN([C@]1(C)CCN(c2cccc(Br)c2)C1)S(C)(=O)=O. The highest BCUT2D eigenvalue weighted by Crippen LogP contribution is 2.32. The van der Waals surface area contributed by atoms with E-state index in [1.807, 2.05) is 19.1 Å². The molecule has 1 aliphatic heterocycles. The quantitative estimate of drug-likeness (QED) is 0.843. The maximum Gasteiger partial charge on any atom is 0.211 e. The Bertz CT molecular complexity index is 576. The van der Waals surface area contributed by atoms with E-state index in [0.717, 1.165) is 23.1 Å². The van der Waals surface area contributed by atoms with Crippen molar-refractivity contribution in [2.24, 2.45) is 0 Å². The Hall–Kier alpha value is -0.590. The van der Waals surface area contributed by atoms with Crippen LogP contribution in [0.4, 0.5) is 5.69 Å². The highest BCUT2D eigenvalue weighted by atomic mass is 79.9. The van der Waals surface area contributed by atoms with Crippen molar-refractivity contribution in [1.82, 2.24) is 4.31 Å². The van der Waals surface area contributed by atoms with Crippen molar-refractivity contribution in [1.29, 1.82) is 0 Å². The zero-order chi connectivity index (χ0) is 14.3. The fourth-order valence-corrected chi connectivity index (χ4v) is 3.83. The highest BCUT2D eigenvalue weighted by molar-refractivity contribution is 9.10. The first-order chi connectivity index (χ1) is 8.72. The van der Waals surface area contributed by atoms with Gasteiger partial charge in [-0.25, -0.2) is 8.42 Å². The summed E-state index contributed by atoms with van der Waals surface area (Å²) in [6, 6.07) is 8.10. The van der Waals surface area contributed by atoms with Crippen molar-refractivity contribution in [3.05, 3.63) is 28.7 Å². The minimum Gasteiger partial charge on any atom is -0.370 e. The van der Waals surface area contributed by atoms with Crippen LogP contribution in [0.1, 0.15) is 13.3 Å². The van der Waals surface area contributed by atoms with Gasteiger partial charge in [-0.05, 0) is 31.5 Å². The van der Waals surface area contributed by atoms with E-state index >= 15 is 0 Å².